The first-order valence-corrected chi connectivity index (χ1v) is 5.70. The Morgan fingerprint density at radius 2 is 2.17 bits per heavy atom. The van der Waals surface area contributed by atoms with E-state index in [4.69, 9.17) is 10.2 Å². The molecule has 1 aliphatic rings. The Morgan fingerprint density at radius 1 is 1.44 bits per heavy atom. The van der Waals surface area contributed by atoms with E-state index in [2.05, 4.69) is 10.6 Å². The first-order chi connectivity index (χ1) is 8.54. The standard InChI is InChI=1S/C10H17N3O5/c14-6-2-7(9(16)17)12-10(18)13-4-1-8(15)11-3-5-13/h7,14H,1-6H2,(H,11,15)(H,12,18)(H,16,17)/t7-/m1/s1. The molecule has 0 saturated carbocycles. The molecule has 0 radical (unpaired) electrons. The lowest BCUT2D eigenvalue weighted by Crippen LogP contribution is -2.49. The molecule has 1 rings (SSSR count). The average Bonchev–Trinajstić information content (AvgIpc) is 2.53. The maximum atomic E-state index is 11.8. The van der Waals surface area contributed by atoms with Crippen LogP contribution >= 0.6 is 0 Å². The number of hydrogen-bond donors (Lipinski definition) is 4. The largest absolute Gasteiger partial charge is 0.480 e. The predicted molar refractivity (Wildman–Crippen MR) is 60.9 cm³/mol. The summed E-state index contributed by atoms with van der Waals surface area (Å²) < 4.78 is 0. The van der Waals surface area contributed by atoms with Crippen LogP contribution in [0.3, 0.4) is 0 Å². The van der Waals surface area contributed by atoms with Crippen LogP contribution < -0.4 is 10.6 Å². The van der Waals surface area contributed by atoms with Gasteiger partial charge in [-0.3, -0.25) is 4.79 Å². The Kier molecular flexibility index (Phi) is 5.37. The molecule has 1 atom stereocenters. The van der Waals surface area contributed by atoms with E-state index in [0.29, 0.717) is 13.1 Å². The van der Waals surface area contributed by atoms with Crippen LogP contribution in [0.5, 0.6) is 0 Å². The third kappa shape index (κ3) is 4.21. The number of aliphatic carboxylic acids is 1. The summed E-state index contributed by atoms with van der Waals surface area (Å²) in [6.07, 6.45) is 0.150. The first kappa shape index (κ1) is 14.2. The van der Waals surface area contributed by atoms with E-state index in [1.54, 1.807) is 0 Å². The van der Waals surface area contributed by atoms with Crippen molar-refractivity contribution in [1.29, 1.82) is 0 Å². The molecule has 1 fully saturated rings. The topological polar surface area (TPSA) is 119 Å². The number of nitrogens with one attached hydrogen (secondary N) is 2. The van der Waals surface area contributed by atoms with Crippen molar-refractivity contribution in [2.75, 3.05) is 26.2 Å². The molecule has 0 aromatic heterocycles. The Bertz CT molecular complexity index is 333. The van der Waals surface area contributed by atoms with Gasteiger partial charge in [-0.15, -0.1) is 0 Å². The number of carboxylic acids is 1. The summed E-state index contributed by atoms with van der Waals surface area (Å²) in [5.74, 6) is -1.32. The maximum Gasteiger partial charge on any atom is 0.326 e. The van der Waals surface area contributed by atoms with Crippen LogP contribution in [-0.4, -0.2) is 65.3 Å². The van der Waals surface area contributed by atoms with Crippen molar-refractivity contribution >= 4 is 17.9 Å². The lowest BCUT2D eigenvalue weighted by molar-refractivity contribution is -0.139. The molecule has 0 aromatic rings. The second-order valence-electron chi connectivity index (χ2n) is 3.94. The molecule has 1 aliphatic heterocycles. The highest BCUT2D eigenvalue weighted by molar-refractivity contribution is 5.83. The van der Waals surface area contributed by atoms with Gasteiger partial charge in [-0.2, -0.15) is 0 Å². The summed E-state index contributed by atoms with van der Waals surface area (Å²) in [6.45, 7) is 0.618. The lowest BCUT2D eigenvalue weighted by Gasteiger charge is -2.22. The number of aliphatic hydroxyl groups is 1. The van der Waals surface area contributed by atoms with E-state index in [1.165, 1.54) is 4.90 Å². The lowest BCUT2D eigenvalue weighted by atomic mass is 10.2. The smallest absolute Gasteiger partial charge is 0.326 e. The van der Waals surface area contributed by atoms with Crippen LogP contribution in [-0.2, 0) is 9.59 Å². The van der Waals surface area contributed by atoms with Crippen molar-refractivity contribution in [3.63, 3.8) is 0 Å². The fourth-order valence-corrected chi connectivity index (χ4v) is 1.60. The van der Waals surface area contributed by atoms with Crippen LogP contribution in [0.2, 0.25) is 0 Å². The highest BCUT2D eigenvalue weighted by Gasteiger charge is 2.24. The molecule has 1 heterocycles. The summed E-state index contributed by atoms with van der Waals surface area (Å²) in [5.41, 5.74) is 0. The van der Waals surface area contributed by atoms with E-state index in [0.717, 1.165) is 0 Å². The third-order valence-electron chi connectivity index (χ3n) is 2.61. The quantitative estimate of drug-likeness (QED) is 0.482. The summed E-state index contributed by atoms with van der Waals surface area (Å²) in [4.78, 5) is 35.1. The summed E-state index contributed by atoms with van der Waals surface area (Å²) in [7, 11) is 0. The molecule has 18 heavy (non-hydrogen) atoms. The number of nitrogens with zero attached hydrogens (tertiary/aromatic N) is 1. The normalized spacial score (nSPS) is 17.6. The highest BCUT2D eigenvalue weighted by Crippen LogP contribution is 1.99. The van der Waals surface area contributed by atoms with Gasteiger partial charge in [0.2, 0.25) is 5.91 Å². The van der Waals surface area contributed by atoms with Gasteiger partial charge in [0.25, 0.3) is 0 Å². The molecule has 0 bridgehead atoms. The van der Waals surface area contributed by atoms with Crippen molar-refractivity contribution < 1.29 is 24.6 Å². The van der Waals surface area contributed by atoms with E-state index in [9.17, 15) is 14.4 Å². The van der Waals surface area contributed by atoms with E-state index in [1.807, 2.05) is 0 Å². The Balaban J connectivity index is 2.52. The van der Waals surface area contributed by atoms with Crippen molar-refractivity contribution in [1.82, 2.24) is 15.5 Å². The van der Waals surface area contributed by atoms with Gasteiger partial charge in [-0.25, -0.2) is 9.59 Å². The number of urea groups is 1. The number of aliphatic hydroxyl groups excluding tert-OH is 1. The molecule has 8 heteroatoms. The van der Waals surface area contributed by atoms with Crippen LogP contribution in [0.1, 0.15) is 12.8 Å². The van der Waals surface area contributed by atoms with Gasteiger partial charge in [0.05, 0.1) is 0 Å². The minimum absolute atomic E-state index is 0.0495. The Labute approximate surface area is 104 Å². The molecule has 0 aliphatic carbocycles. The van der Waals surface area contributed by atoms with Crippen LogP contribution in [0.15, 0.2) is 0 Å². The Hall–Kier alpha value is -1.83. The summed E-state index contributed by atoms with van der Waals surface area (Å²) >= 11 is 0. The van der Waals surface area contributed by atoms with Gasteiger partial charge < -0.3 is 25.7 Å². The molecule has 0 spiro atoms. The van der Waals surface area contributed by atoms with E-state index >= 15 is 0 Å². The van der Waals surface area contributed by atoms with Gasteiger partial charge >= 0.3 is 12.0 Å². The number of hydrogen-bond acceptors (Lipinski definition) is 4. The molecule has 1 saturated heterocycles. The van der Waals surface area contributed by atoms with Crippen molar-refractivity contribution in [2.45, 2.75) is 18.9 Å². The zero-order valence-corrected chi connectivity index (χ0v) is 9.89. The van der Waals surface area contributed by atoms with Gasteiger partial charge in [-0.05, 0) is 0 Å². The van der Waals surface area contributed by atoms with Gasteiger partial charge in [0.15, 0.2) is 0 Å². The van der Waals surface area contributed by atoms with Crippen molar-refractivity contribution in [2.24, 2.45) is 0 Å². The minimum Gasteiger partial charge on any atom is -0.480 e. The van der Waals surface area contributed by atoms with E-state index in [-0.39, 0.29) is 31.9 Å². The SMILES string of the molecule is O=C1CCN(C(=O)N[C@H](CCO)C(=O)O)CCN1. The molecule has 4 N–H and O–H groups in total. The third-order valence-corrected chi connectivity index (χ3v) is 2.61. The van der Waals surface area contributed by atoms with E-state index < -0.39 is 18.0 Å². The van der Waals surface area contributed by atoms with Crippen molar-refractivity contribution in [3.8, 4) is 0 Å². The molecular formula is C10H17N3O5. The van der Waals surface area contributed by atoms with Crippen LogP contribution in [0.4, 0.5) is 4.79 Å². The number of amides is 3. The predicted octanol–water partition coefficient (Wildman–Crippen LogP) is -1.65. The van der Waals surface area contributed by atoms with Gasteiger partial charge in [0.1, 0.15) is 6.04 Å². The number of rotatable bonds is 4. The molecule has 0 unspecified atom stereocenters. The molecule has 102 valence electrons. The number of carbonyl (C=O) groups is 3. The second-order valence-corrected chi connectivity index (χ2v) is 3.94. The second kappa shape index (κ2) is 6.80. The first-order valence-electron chi connectivity index (χ1n) is 5.70. The highest BCUT2D eigenvalue weighted by atomic mass is 16.4. The minimum atomic E-state index is -1.19. The van der Waals surface area contributed by atoms with Gasteiger partial charge in [-0.1, -0.05) is 0 Å². The molecule has 0 aromatic carbocycles. The summed E-state index contributed by atoms with van der Waals surface area (Å²) in [5, 5.41) is 22.5. The fourth-order valence-electron chi connectivity index (χ4n) is 1.60. The zero-order chi connectivity index (χ0) is 13.5. The summed E-state index contributed by atoms with van der Waals surface area (Å²) in [6, 6.07) is -1.65. The van der Waals surface area contributed by atoms with Gasteiger partial charge in [0, 0.05) is 39.1 Å². The van der Waals surface area contributed by atoms with Crippen LogP contribution in [0.25, 0.3) is 0 Å². The fraction of sp³-hybridized carbons (Fsp3) is 0.700. The van der Waals surface area contributed by atoms with Crippen LogP contribution in [0, 0.1) is 0 Å². The molecule has 3 amide bonds. The zero-order valence-electron chi connectivity index (χ0n) is 9.89. The average molecular weight is 259 g/mol. The maximum absolute atomic E-state index is 11.8. The monoisotopic (exact) mass is 259 g/mol. The number of carbonyl (C=O) groups excluding carboxylic acids is 2. The van der Waals surface area contributed by atoms with Crippen molar-refractivity contribution in [3.05, 3.63) is 0 Å². The number of carboxylic acid groups (broad SMARTS) is 1. The molecular weight excluding hydrogens is 242 g/mol. The Morgan fingerprint density at radius 3 is 2.78 bits per heavy atom. The molecule has 8 nitrogen and oxygen atoms in total.